The number of benzene rings is 1. The lowest BCUT2D eigenvalue weighted by Gasteiger charge is -2.11. The fourth-order valence-electron chi connectivity index (χ4n) is 1.68. The van der Waals surface area contributed by atoms with E-state index in [2.05, 4.69) is 0 Å². The smallest absolute Gasteiger partial charge is 0.152 e. The van der Waals surface area contributed by atoms with Gasteiger partial charge in [0.2, 0.25) is 0 Å². The molecule has 0 bridgehead atoms. The van der Waals surface area contributed by atoms with E-state index in [1.807, 2.05) is 13.0 Å². The fourth-order valence-corrected chi connectivity index (χ4v) is 1.68. The average Bonchev–Trinajstić information content (AvgIpc) is 2.61. The van der Waals surface area contributed by atoms with Crippen molar-refractivity contribution in [1.29, 1.82) is 0 Å². The molecule has 0 radical (unpaired) electrons. The van der Waals surface area contributed by atoms with E-state index >= 15 is 0 Å². The van der Waals surface area contributed by atoms with Gasteiger partial charge in [0, 0.05) is 11.6 Å². The molecule has 2 rings (SSSR count). The monoisotopic (exact) mass is 205 g/mol. The molecule has 2 nitrogen and oxygen atoms in total. The van der Waals surface area contributed by atoms with Crippen LogP contribution in [0.5, 0.6) is 0 Å². The van der Waals surface area contributed by atoms with Gasteiger partial charge in [-0.05, 0) is 32.0 Å². The molecule has 0 saturated heterocycles. The van der Waals surface area contributed by atoms with Crippen LogP contribution >= 0.6 is 0 Å². The van der Waals surface area contributed by atoms with Crippen molar-refractivity contribution in [2.75, 3.05) is 0 Å². The van der Waals surface area contributed by atoms with Gasteiger partial charge in [0.25, 0.3) is 0 Å². The Morgan fingerprint density at radius 2 is 2.13 bits per heavy atom. The first-order valence-corrected chi connectivity index (χ1v) is 4.87. The van der Waals surface area contributed by atoms with Gasteiger partial charge in [0.1, 0.15) is 5.82 Å². The molecule has 1 aromatic carbocycles. The molecule has 0 N–H and O–H groups in total. The number of hydrogen-bond donors (Lipinski definition) is 0. The molecule has 3 heteroatoms. The molecule has 0 aliphatic heterocycles. The highest BCUT2D eigenvalue weighted by Crippen LogP contribution is 2.22. The first-order valence-electron chi connectivity index (χ1n) is 4.87. The maximum atomic E-state index is 13.4. The molecule has 0 saturated carbocycles. The van der Waals surface area contributed by atoms with Crippen molar-refractivity contribution in [3.63, 3.8) is 0 Å². The number of hydrogen-bond acceptors (Lipinski definition) is 1. The van der Waals surface area contributed by atoms with E-state index in [-0.39, 0.29) is 17.6 Å². The third-order valence-corrected chi connectivity index (χ3v) is 2.72. The van der Waals surface area contributed by atoms with Gasteiger partial charge in [0.15, 0.2) is 5.78 Å². The maximum Gasteiger partial charge on any atom is 0.152 e. The van der Waals surface area contributed by atoms with Gasteiger partial charge in [-0.3, -0.25) is 4.79 Å². The minimum absolute atomic E-state index is 0.0664. The Morgan fingerprint density at radius 1 is 1.40 bits per heavy atom. The van der Waals surface area contributed by atoms with Crippen LogP contribution in [0.15, 0.2) is 30.5 Å². The summed E-state index contributed by atoms with van der Waals surface area (Å²) in [6, 6.07) is 6.35. The molecule has 1 atom stereocenters. The lowest BCUT2D eigenvalue weighted by Crippen LogP contribution is -2.11. The third kappa shape index (κ3) is 1.54. The highest BCUT2D eigenvalue weighted by Gasteiger charge is 2.13. The normalized spacial score (nSPS) is 13.0. The highest BCUT2D eigenvalue weighted by atomic mass is 19.1. The maximum absolute atomic E-state index is 13.4. The molecule has 1 unspecified atom stereocenters. The van der Waals surface area contributed by atoms with Gasteiger partial charge in [-0.15, -0.1) is 0 Å². The molecule has 0 fully saturated rings. The number of aromatic nitrogens is 1. The van der Waals surface area contributed by atoms with Crippen LogP contribution in [0.1, 0.15) is 19.9 Å². The quantitative estimate of drug-likeness (QED) is 0.738. The third-order valence-electron chi connectivity index (χ3n) is 2.72. The Morgan fingerprint density at radius 3 is 2.80 bits per heavy atom. The molecule has 15 heavy (non-hydrogen) atoms. The standard InChI is InChI=1S/C12H12FNO/c1-8(9(2)15)14-7-6-10-11(13)4-3-5-12(10)14/h3-8H,1-2H3. The van der Waals surface area contributed by atoms with Crippen molar-refractivity contribution in [2.24, 2.45) is 0 Å². The van der Waals surface area contributed by atoms with E-state index in [0.29, 0.717) is 5.39 Å². The summed E-state index contributed by atoms with van der Waals surface area (Å²) < 4.78 is 15.2. The van der Waals surface area contributed by atoms with Gasteiger partial charge >= 0.3 is 0 Å². The molecule has 1 aromatic heterocycles. The average molecular weight is 205 g/mol. The number of rotatable bonds is 2. The summed E-state index contributed by atoms with van der Waals surface area (Å²) >= 11 is 0. The number of halogens is 1. The zero-order chi connectivity index (χ0) is 11.0. The predicted molar refractivity (Wildman–Crippen MR) is 57.3 cm³/mol. The number of Topliss-reactive ketones (excluding diaryl/α,β-unsaturated/α-hetero) is 1. The Labute approximate surface area is 87.3 Å². The topological polar surface area (TPSA) is 22.0 Å². The van der Waals surface area contributed by atoms with Crippen LogP contribution in [0.3, 0.4) is 0 Å². The number of carbonyl (C=O) groups is 1. The molecule has 2 aromatic rings. The van der Waals surface area contributed by atoms with Crippen LogP contribution in [-0.4, -0.2) is 10.4 Å². The second-order valence-corrected chi connectivity index (χ2v) is 3.68. The molecular formula is C12H12FNO. The summed E-state index contributed by atoms with van der Waals surface area (Å²) in [5.41, 5.74) is 0.762. The van der Waals surface area contributed by atoms with Gasteiger partial charge in [0.05, 0.1) is 11.6 Å². The first-order chi connectivity index (χ1) is 7.11. The van der Waals surface area contributed by atoms with Crippen LogP contribution in [-0.2, 0) is 4.79 Å². The number of ketones is 1. The van der Waals surface area contributed by atoms with E-state index in [9.17, 15) is 9.18 Å². The predicted octanol–water partition coefficient (Wildman–Crippen LogP) is 2.93. The lowest BCUT2D eigenvalue weighted by atomic mass is 10.2. The lowest BCUT2D eigenvalue weighted by molar-refractivity contribution is -0.119. The molecule has 1 heterocycles. The Kier molecular flexibility index (Phi) is 2.31. The number of nitrogens with zero attached hydrogens (tertiary/aromatic N) is 1. The minimum atomic E-state index is -0.248. The van der Waals surface area contributed by atoms with Gasteiger partial charge in [-0.25, -0.2) is 4.39 Å². The summed E-state index contributed by atoms with van der Waals surface area (Å²) in [7, 11) is 0. The van der Waals surface area contributed by atoms with Gasteiger partial charge in [-0.1, -0.05) is 6.07 Å². The summed E-state index contributed by atoms with van der Waals surface area (Å²) in [4.78, 5) is 11.3. The number of fused-ring (bicyclic) bond motifs is 1. The zero-order valence-electron chi connectivity index (χ0n) is 8.70. The second kappa shape index (κ2) is 3.50. The summed E-state index contributed by atoms with van der Waals surface area (Å²) in [6.07, 6.45) is 1.75. The van der Waals surface area contributed by atoms with Crippen molar-refractivity contribution < 1.29 is 9.18 Å². The summed E-state index contributed by atoms with van der Waals surface area (Å²) in [5.74, 6) is -0.182. The van der Waals surface area contributed by atoms with Gasteiger partial charge < -0.3 is 4.57 Å². The molecule has 0 aliphatic carbocycles. The largest absolute Gasteiger partial charge is 0.337 e. The zero-order valence-corrected chi connectivity index (χ0v) is 8.70. The highest BCUT2D eigenvalue weighted by molar-refractivity contribution is 5.85. The summed E-state index contributed by atoms with van der Waals surface area (Å²) in [6.45, 7) is 3.35. The van der Waals surface area contributed by atoms with Crippen molar-refractivity contribution in [2.45, 2.75) is 19.9 Å². The molecule has 78 valence electrons. The molecule has 0 aliphatic rings. The van der Waals surface area contributed by atoms with Crippen molar-refractivity contribution in [3.05, 3.63) is 36.3 Å². The molecule has 0 amide bonds. The van der Waals surface area contributed by atoms with E-state index in [1.54, 1.807) is 22.9 Å². The summed E-state index contributed by atoms with van der Waals surface area (Å²) in [5, 5.41) is 0.561. The Balaban J connectivity index is 2.64. The van der Waals surface area contributed by atoms with Crippen LogP contribution in [0.25, 0.3) is 10.9 Å². The van der Waals surface area contributed by atoms with Crippen LogP contribution < -0.4 is 0 Å². The van der Waals surface area contributed by atoms with Gasteiger partial charge in [-0.2, -0.15) is 0 Å². The Hall–Kier alpha value is -1.64. The van der Waals surface area contributed by atoms with E-state index in [4.69, 9.17) is 0 Å². The van der Waals surface area contributed by atoms with Crippen LogP contribution in [0.4, 0.5) is 4.39 Å². The van der Waals surface area contributed by atoms with Crippen molar-refractivity contribution in [3.8, 4) is 0 Å². The molecule has 0 spiro atoms. The van der Waals surface area contributed by atoms with Crippen LogP contribution in [0.2, 0.25) is 0 Å². The number of carbonyl (C=O) groups excluding carboxylic acids is 1. The van der Waals surface area contributed by atoms with Crippen molar-refractivity contribution in [1.82, 2.24) is 4.57 Å². The van der Waals surface area contributed by atoms with Crippen molar-refractivity contribution >= 4 is 16.7 Å². The Bertz CT molecular complexity index is 515. The molecular weight excluding hydrogens is 193 g/mol. The van der Waals surface area contributed by atoms with Crippen LogP contribution in [0, 0.1) is 5.82 Å². The second-order valence-electron chi connectivity index (χ2n) is 3.68. The fraction of sp³-hybridized carbons (Fsp3) is 0.250. The first kappa shape index (κ1) is 9.90. The van der Waals surface area contributed by atoms with E-state index < -0.39 is 0 Å². The SMILES string of the molecule is CC(=O)C(C)n1ccc2c(F)cccc21. The van der Waals surface area contributed by atoms with E-state index in [1.165, 1.54) is 13.0 Å². The van der Waals surface area contributed by atoms with E-state index in [0.717, 1.165) is 5.52 Å². The minimum Gasteiger partial charge on any atom is -0.337 e.